The molecule has 0 amide bonds. The Balaban J connectivity index is -0.0000000150. The molecule has 0 fully saturated rings. The van der Waals surface area contributed by atoms with Crippen LogP contribution in [0.15, 0.2) is 0 Å². The van der Waals surface area contributed by atoms with E-state index < -0.39 is 15.7 Å². The maximum atomic E-state index is 8.56. The fourth-order valence-corrected chi connectivity index (χ4v) is 0. The molecule has 7 heteroatoms. The van der Waals surface area contributed by atoms with Gasteiger partial charge in [0.25, 0.3) is 0 Å². The molecule has 0 aromatic rings. The normalized spacial score (nSPS) is 5.14. The van der Waals surface area contributed by atoms with Crippen molar-refractivity contribution in [3.63, 3.8) is 0 Å². The van der Waals surface area contributed by atoms with E-state index in [1.54, 1.807) is 0 Å². The first-order chi connectivity index (χ1) is 1.73. The summed E-state index contributed by atoms with van der Waals surface area (Å²) in [6.45, 7) is 0. The Morgan fingerprint density at radius 1 is 0.714 bits per heavy atom. The Morgan fingerprint density at radius 3 is 0.714 bits per heavy atom. The summed E-state index contributed by atoms with van der Waals surface area (Å²) in [6.07, 6.45) is 0. The average Bonchev–Trinajstić information content (AvgIpc) is 0.811. The van der Waals surface area contributed by atoms with Gasteiger partial charge in [0.2, 0.25) is 0 Å². The molecule has 0 atom stereocenters. The van der Waals surface area contributed by atoms with Crippen LogP contribution in [0.4, 0.5) is 0 Å². The molecule has 0 saturated carbocycles. The van der Waals surface area contributed by atoms with E-state index in [9.17, 15) is 0 Å². The van der Waals surface area contributed by atoms with Gasteiger partial charge in [-0.2, -0.15) is 0 Å². The van der Waals surface area contributed by atoms with E-state index in [0.29, 0.717) is 0 Å². The van der Waals surface area contributed by atoms with Crippen LogP contribution in [0.3, 0.4) is 0 Å². The summed E-state index contributed by atoms with van der Waals surface area (Å²) in [5, 5.41) is 0. The van der Waals surface area contributed by atoms with Crippen LogP contribution in [0.5, 0.6) is 0 Å². The second-order valence-electron chi connectivity index (χ2n) is 0.224. The van der Waals surface area contributed by atoms with Crippen molar-refractivity contribution in [1.82, 2.24) is 0 Å². The van der Waals surface area contributed by atoms with Gasteiger partial charge in [-0.3, -0.25) is 0 Å². The van der Waals surface area contributed by atoms with Crippen LogP contribution in [0.25, 0.3) is 0 Å². The van der Waals surface area contributed by atoms with Gasteiger partial charge in [0, 0.05) is 0 Å². The first-order valence-corrected chi connectivity index (χ1v) is 2.85. The fourth-order valence-electron chi connectivity index (χ4n) is 0. The molecule has 3 nitrogen and oxygen atoms in total. The van der Waals surface area contributed by atoms with Crippen molar-refractivity contribution in [2.75, 3.05) is 0 Å². The molecule has 0 spiro atoms. The molecule has 56 valence electrons. The van der Waals surface area contributed by atoms with Gasteiger partial charge in [0.05, 0.1) is 0 Å². The number of rotatable bonds is 0. The number of hydrogen-bond acceptors (Lipinski definition) is 3. The van der Waals surface area contributed by atoms with Gasteiger partial charge in [-0.1, -0.05) is 0 Å². The summed E-state index contributed by atoms with van der Waals surface area (Å²) >= 11 is -3.94. The molecule has 0 aromatic heterocycles. The molecule has 0 aliphatic rings. The van der Waals surface area contributed by atoms with Gasteiger partial charge in [-0.25, -0.2) is 0 Å². The Bertz CT molecular complexity index is 14.9. The van der Waals surface area contributed by atoms with Gasteiger partial charge in [-0.05, 0) is 0 Å². The topological polar surface area (TPSA) is 69.2 Å². The SMILES string of the molecule is [Ag+].[Ag+].[Ag+].[O-][As]([O-])[O-]. The zero-order chi connectivity index (χ0) is 3.58. The van der Waals surface area contributed by atoms with Crippen molar-refractivity contribution in [2.45, 2.75) is 0 Å². The Kier molecular flexibility index (Phi) is 51.2. The Hall–Kier alpha value is 2.66. The van der Waals surface area contributed by atoms with Crippen molar-refractivity contribution in [3.8, 4) is 0 Å². The van der Waals surface area contributed by atoms with Gasteiger partial charge >= 0.3 is 95.1 Å². The summed E-state index contributed by atoms with van der Waals surface area (Å²) in [7, 11) is 0. The zero-order valence-corrected chi connectivity index (χ0v) is 8.90. The van der Waals surface area contributed by atoms with Gasteiger partial charge < -0.3 is 0 Å². The molecular weight excluding hydrogens is 447 g/mol. The summed E-state index contributed by atoms with van der Waals surface area (Å²) in [4.78, 5) is 0. The quantitative estimate of drug-likeness (QED) is 0.357. The minimum atomic E-state index is -3.94. The molecule has 0 aliphatic carbocycles. The van der Waals surface area contributed by atoms with Gasteiger partial charge in [0.15, 0.2) is 0 Å². The molecule has 0 saturated heterocycles. The molecule has 0 rings (SSSR count). The van der Waals surface area contributed by atoms with E-state index in [1.165, 1.54) is 0 Å². The van der Waals surface area contributed by atoms with Crippen LogP contribution in [-0.2, 0) is 67.1 Å². The zero-order valence-electron chi connectivity index (χ0n) is 2.58. The predicted octanol–water partition coefficient (Wildman–Crippen LogP) is -3.96. The molecule has 0 unspecified atom stereocenters. The minimum absolute atomic E-state index is 0. The van der Waals surface area contributed by atoms with Crippen LogP contribution in [0, 0.1) is 0 Å². The predicted molar refractivity (Wildman–Crippen MR) is 5.75 cm³/mol. The summed E-state index contributed by atoms with van der Waals surface area (Å²) in [5.41, 5.74) is 0. The monoisotopic (exact) mass is 444 g/mol. The number of hydrogen-bond donors (Lipinski definition) is 0. The third-order valence-corrected chi connectivity index (χ3v) is 0. The van der Waals surface area contributed by atoms with Crippen molar-refractivity contribution in [3.05, 3.63) is 0 Å². The molecule has 7 heavy (non-hydrogen) atoms. The summed E-state index contributed by atoms with van der Waals surface area (Å²) < 4.78 is 25.7. The van der Waals surface area contributed by atoms with Gasteiger partial charge in [-0.15, -0.1) is 0 Å². The second-order valence-corrected chi connectivity index (χ2v) is 1.16. The molecule has 0 N–H and O–H groups in total. The molecule has 0 heterocycles. The van der Waals surface area contributed by atoms with E-state index in [2.05, 4.69) is 0 Å². The molecular formula is Ag3AsO3. The molecule has 0 radical (unpaired) electrons. The molecule has 0 aromatic carbocycles. The Labute approximate surface area is 93.7 Å². The van der Waals surface area contributed by atoms with Crippen LogP contribution >= 0.6 is 0 Å². The molecule has 0 aliphatic heterocycles. The van der Waals surface area contributed by atoms with Crippen LogP contribution in [0.1, 0.15) is 0 Å². The fraction of sp³-hybridized carbons (Fsp3) is 0. The maximum absolute atomic E-state index is 8.56. The van der Waals surface area contributed by atoms with E-state index in [1.807, 2.05) is 0 Å². The van der Waals surface area contributed by atoms with Crippen molar-refractivity contribution >= 4 is 15.7 Å². The summed E-state index contributed by atoms with van der Waals surface area (Å²) in [5.74, 6) is 0. The third kappa shape index (κ3) is 54.3. The first-order valence-electron chi connectivity index (χ1n) is 0.548. The van der Waals surface area contributed by atoms with Crippen molar-refractivity contribution in [2.24, 2.45) is 0 Å². The van der Waals surface area contributed by atoms with Crippen molar-refractivity contribution < 1.29 is 79.4 Å². The van der Waals surface area contributed by atoms with Crippen LogP contribution in [-0.4, -0.2) is 15.7 Å². The Morgan fingerprint density at radius 2 is 0.714 bits per heavy atom. The van der Waals surface area contributed by atoms with E-state index >= 15 is 0 Å². The van der Waals surface area contributed by atoms with E-state index in [4.69, 9.17) is 12.3 Å². The average molecular weight is 447 g/mol. The van der Waals surface area contributed by atoms with Gasteiger partial charge in [0.1, 0.15) is 0 Å². The second kappa shape index (κ2) is 15.9. The molecule has 0 bridgehead atoms. The van der Waals surface area contributed by atoms with Crippen molar-refractivity contribution in [1.29, 1.82) is 0 Å². The third-order valence-electron chi connectivity index (χ3n) is 0. The van der Waals surface area contributed by atoms with E-state index in [0.717, 1.165) is 0 Å². The summed E-state index contributed by atoms with van der Waals surface area (Å²) in [6, 6.07) is 0. The standard InChI is InChI=1S/3Ag.AsO3/c;;;2-1(3)4/q3*+1;-3. The van der Waals surface area contributed by atoms with Crippen LogP contribution in [0.2, 0.25) is 0 Å². The van der Waals surface area contributed by atoms with Crippen LogP contribution < -0.4 is 12.3 Å². The first kappa shape index (κ1) is 22.6. The van der Waals surface area contributed by atoms with E-state index in [-0.39, 0.29) is 67.1 Å².